The van der Waals surface area contributed by atoms with Crippen molar-refractivity contribution >= 4 is 50.5 Å². The summed E-state index contributed by atoms with van der Waals surface area (Å²) in [7, 11) is -4.09. The molecular weight excluding hydrogens is 531 g/mol. The van der Waals surface area contributed by atoms with Crippen LogP contribution in [0.15, 0.2) is 95.9 Å². The van der Waals surface area contributed by atoms with Gasteiger partial charge in [0, 0.05) is 10.0 Å². The van der Waals surface area contributed by atoms with Gasteiger partial charge < -0.3 is 10.1 Å². The van der Waals surface area contributed by atoms with E-state index in [2.05, 4.69) is 5.32 Å². The van der Waals surface area contributed by atoms with Gasteiger partial charge in [-0.25, -0.2) is 8.42 Å². The van der Waals surface area contributed by atoms with Gasteiger partial charge in [0.15, 0.2) is 5.75 Å². The summed E-state index contributed by atoms with van der Waals surface area (Å²) in [5.41, 5.74) is 2.17. The maximum Gasteiger partial charge on any atom is 0.264 e. The number of rotatable bonds is 8. The monoisotopic (exact) mass is 554 g/mol. The highest BCUT2D eigenvalue weighted by molar-refractivity contribution is 7.92. The topological polar surface area (TPSA) is 75.7 Å². The third kappa shape index (κ3) is 6.43. The number of hydrogen-bond donors (Lipinski definition) is 1. The Bertz CT molecular complexity index is 1530. The largest absolute Gasteiger partial charge is 0.455 e. The van der Waals surface area contributed by atoms with Crippen molar-refractivity contribution in [1.29, 1.82) is 0 Å². The quantitative estimate of drug-likeness (QED) is 0.249. The van der Waals surface area contributed by atoms with Crippen LogP contribution in [0.1, 0.15) is 11.1 Å². The highest BCUT2D eigenvalue weighted by Gasteiger charge is 2.28. The molecular formula is C28H24Cl2N2O4S. The Morgan fingerprint density at radius 2 is 1.51 bits per heavy atom. The van der Waals surface area contributed by atoms with Crippen LogP contribution in [-0.2, 0) is 14.8 Å². The lowest BCUT2D eigenvalue weighted by Crippen LogP contribution is -2.38. The highest BCUT2D eigenvalue weighted by Crippen LogP contribution is 2.33. The number of nitrogens with one attached hydrogen (secondary N) is 1. The van der Waals surface area contributed by atoms with Crippen LogP contribution in [0.25, 0.3) is 0 Å². The molecule has 0 bridgehead atoms. The summed E-state index contributed by atoms with van der Waals surface area (Å²) < 4.78 is 34.4. The molecule has 190 valence electrons. The smallest absolute Gasteiger partial charge is 0.264 e. The van der Waals surface area contributed by atoms with Gasteiger partial charge in [0.25, 0.3) is 10.0 Å². The van der Waals surface area contributed by atoms with Crippen LogP contribution < -0.4 is 14.4 Å². The van der Waals surface area contributed by atoms with Crippen molar-refractivity contribution in [3.63, 3.8) is 0 Å². The summed E-state index contributed by atoms with van der Waals surface area (Å²) in [6.07, 6.45) is 0. The van der Waals surface area contributed by atoms with Crippen LogP contribution in [0.5, 0.6) is 11.5 Å². The molecule has 4 rings (SSSR count). The second-order valence-corrected chi connectivity index (χ2v) is 11.1. The summed E-state index contributed by atoms with van der Waals surface area (Å²) in [4.78, 5) is 13.3. The predicted octanol–water partition coefficient (Wildman–Crippen LogP) is 7.24. The second kappa shape index (κ2) is 11.3. The molecule has 4 aromatic rings. The first-order chi connectivity index (χ1) is 17.6. The molecule has 0 saturated heterocycles. The number of benzene rings is 4. The fraction of sp³-hybridized carbons (Fsp3) is 0.107. The number of anilines is 2. The Labute approximate surface area is 226 Å². The standard InChI is InChI=1S/C28H24Cl2N2O4S/c1-19-8-12-24(13-9-19)37(34,35)32(26-14-10-21(29)16-20(26)2)18-28(33)31-25-17-22(30)11-15-27(25)36-23-6-4-3-5-7-23/h3-17H,18H2,1-2H3,(H,31,33). The van der Waals surface area contributed by atoms with E-state index >= 15 is 0 Å². The minimum absolute atomic E-state index is 0.0658. The van der Waals surface area contributed by atoms with Gasteiger partial charge >= 0.3 is 0 Å². The van der Waals surface area contributed by atoms with E-state index in [9.17, 15) is 13.2 Å². The lowest BCUT2D eigenvalue weighted by atomic mass is 10.2. The van der Waals surface area contributed by atoms with Gasteiger partial charge in [0.05, 0.1) is 16.3 Å². The van der Waals surface area contributed by atoms with E-state index in [1.165, 1.54) is 12.1 Å². The molecule has 1 N–H and O–H groups in total. The summed E-state index contributed by atoms with van der Waals surface area (Å²) in [6.45, 7) is 3.11. The van der Waals surface area contributed by atoms with Crippen LogP contribution in [0.3, 0.4) is 0 Å². The van der Waals surface area contributed by atoms with Crippen molar-refractivity contribution < 1.29 is 17.9 Å². The Hall–Kier alpha value is -3.52. The molecule has 0 aliphatic rings. The fourth-order valence-corrected chi connectivity index (χ4v) is 5.54. The van der Waals surface area contributed by atoms with Crippen LogP contribution in [-0.4, -0.2) is 20.9 Å². The molecule has 9 heteroatoms. The maximum atomic E-state index is 13.7. The number of carbonyl (C=O) groups excluding carboxylic acids is 1. The van der Waals surface area contributed by atoms with Gasteiger partial charge in [-0.05, 0) is 80.1 Å². The molecule has 0 fully saturated rings. The van der Waals surface area contributed by atoms with Crippen LogP contribution in [0.2, 0.25) is 10.0 Å². The summed E-state index contributed by atoms with van der Waals surface area (Å²) in [5.74, 6) is 0.352. The van der Waals surface area contributed by atoms with E-state index in [0.717, 1.165) is 9.87 Å². The highest BCUT2D eigenvalue weighted by atomic mass is 35.5. The molecule has 6 nitrogen and oxygen atoms in total. The number of carbonyl (C=O) groups is 1. The minimum atomic E-state index is -4.09. The second-order valence-electron chi connectivity index (χ2n) is 8.36. The van der Waals surface area contributed by atoms with Crippen molar-refractivity contribution in [1.82, 2.24) is 0 Å². The van der Waals surface area contributed by atoms with E-state index in [-0.39, 0.29) is 4.90 Å². The Morgan fingerprint density at radius 3 is 2.19 bits per heavy atom. The Balaban J connectivity index is 1.67. The molecule has 0 spiro atoms. The Morgan fingerprint density at radius 1 is 0.865 bits per heavy atom. The predicted molar refractivity (Wildman–Crippen MR) is 148 cm³/mol. The van der Waals surface area contributed by atoms with E-state index in [1.807, 2.05) is 25.1 Å². The molecule has 37 heavy (non-hydrogen) atoms. The summed E-state index contributed by atoms with van der Waals surface area (Å²) in [6, 6.07) is 25.2. The fourth-order valence-electron chi connectivity index (χ4n) is 3.66. The summed E-state index contributed by atoms with van der Waals surface area (Å²) >= 11 is 12.3. The van der Waals surface area contributed by atoms with Gasteiger partial charge in [-0.15, -0.1) is 0 Å². The maximum absolute atomic E-state index is 13.7. The normalized spacial score (nSPS) is 11.1. The molecule has 0 aromatic heterocycles. The molecule has 4 aromatic carbocycles. The number of aryl methyl sites for hydroxylation is 2. The third-order valence-electron chi connectivity index (χ3n) is 5.51. The first-order valence-electron chi connectivity index (χ1n) is 11.3. The zero-order valence-electron chi connectivity index (χ0n) is 20.1. The average Bonchev–Trinajstić information content (AvgIpc) is 2.85. The third-order valence-corrected chi connectivity index (χ3v) is 7.75. The molecule has 0 heterocycles. The zero-order valence-corrected chi connectivity index (χ0v) is 22.4. The van der Waals surface area contributed by atoms with Gasteiger partial charge in [-0.2, -0.15) is 0 Å². The summed E-state index contributed by atoms with van der Waals surface area (Å²) in [5, 5.41) is 3.60. The van der Waals surface area contributed by atoms with Crippen molar-refractivity contribution in [3.8, 4) is 11.5 Å². The number of amides is 1. The molecule has 0 saturated carbocycles. The van der Waals surface area contributed by atoms with E-state index in [4.69, 9.17) is 27.9 Å². The first-order valence-corrected chi connectivity index (χ1v) is 13.5. The van der Waals surface area contributed by atoms with Crippen LogP contribution >= 0.6 is 23.2 Å². The van der Waals surface area contributed by atoms with Crippen LogP contribution in [0, 0.1) is 13.8 Å². The zero-order chi connectivity index (χ0) is 26.6. The van der Waals surface area contributed by atoms with Crippen molar-refractivity contribution in [3.05, 3.63) is 112 Å². The average molecular weight is 555 g/mol. The van der Waals surface area contributed by atoms with Crippen LogP contribution in [0.4, 0.5) is 11.4 Å². The number of halogens is 2. The van der Waals surface area contributed by atoms with Gasteiger partial charge in [-0.1, -0.05) is 59.1 Å². The van der Waals surface area contributed by atoms with Crippen molar-refractivity contribution in [2.24, 2.45) is 0 Å². The van der Waals surface area contributed by atoms with Crippen molar-refractivity contribution in [2.45, 2.75) is 18.7 Å². The first kappa shape index (κ1) is 26.5. The van der Waals surface area contributed by atoms with E-state index in [0.29, 0.717) is 38.5 Å². The minimum Gasteiger partial charge on any atom is -0.455 e. The Kier molecular flexibility index (Phi) is 8.07. The molecule has 0 aliphatic carbocycles. The number of nitrogens with zero attached hydrogens (tertiary/aromatic N) is 1. The molecule has 0 aliphatic heterocycles. The SMILES string of the molecule is Cc1ccc(S(=O)(=O)N(CC(=O)Nc2cc(Cl)ccc2Oc2ccccc2)c2ccc(Cl)cc2C)cc1. The molecule has 0 atom stereocenters. The number of sulfonamides is 1. The lowest BCUT2D eigenvalue weighted by molar-refractivity contribution is -0.114. The number of ether oxygens (including phenoxy) is 1. The van der Waals surface area contributed by atoms with E-state index in [1.54, 1.807) is 67.6 Å². The number of para-hydroxylation sites is 1. The molecule has 0 unspecified atom stereocenters. The van der Waals surface area contributed by atoms with Gasteiger partial charge in [0.1, 0.15) is 12.3 Å². The van der Waals surface area contributed by atoms with Crippen molar-refractivity contribution in [2.75, 3.05) is 16.2 Å². The lowest BCUT2D eigenvalue weighted by Gasteiger charge is -2.26. The molecule has 0 radical (unpaired) electrons. The number of hydrogen-bond acceptors (Lipinski definition) is 4. The van der Waals surface area contributed by atoms with E-state index < -0.39 is 22.5 Å². The molecule has 1 amide bonds. The van der Waals surface area contributed by atoms with Gasteiger partial charge in [-0.3, -0.25) is 9.10 Å². The van der Waals surface area contributed by atoms with Gasteiger partial charge in [0.2, 0.25) is 5.91 Å².